The molecule has 1 aromatic carbocycles. The summed E-state index contributed by atoms with van der Waals surface area (Å²) in [5.41, 5.74) is 2.47. The number of carbonyl (C=O) groups excluding carboxylic acids is 1. The summed E-state index contributed by atoms with van der Waals surface area (Å²) in [7, 11) is 0. The van der Waals surface area contributed by atoms with E-state index in [9.17, 15) is 9.18 Å². The van der Waals surface area contributed by atoms with Crippen LogP contribution in [0.4, 0.5) is 4.39 Å². The molecule has 0 radical (unpaired) electrons. The van der Waals surface area contributed by atoms with Crippen LogP contribution in [0.5, 0.6) is 0 Å². The van der Waals surface area contributed by atoms with Crippen LogP contribution in [-0.4, -0.2) is 31.5 Å². The molecule has 3 aromatic rings. The third-order valence-corrected chi connectivity index (χ3v) is 5.73. The third-order valence-electron chi connectivity index (χ3n) is 5.44. The fraction of sp³-hybridized carbons (Fsp3) is 0.273. The Bertz CT molecular complexity index is 1110. The highest BCUT2D eigenvalue weighted by Crippen LogP contribution is 2.31. The van der Waals surface area contributed by atoms with Gasteiger partial charge in [0, 0.05) is 12.1 Å². The second kappa shape index (κ2) is 8.75. The minimum Gasteiger partial charge on any atom is -0.336 e. The van der Waals surface area contributed by atoms with Gasteiger partial charge in [0.1, 0.15) is 11.6 Å². The summed E-state index contributed by atoms with van der Waals surface area (Å²) in [5, 5.41) is 8.67. The Kier molecular flexibility index (Phi) is 5.90. The number of hydrogen-bond donors (Lipinski definition) is 2. The van der Waals surface area contributed by atoms with Crippen LogP contribution >= 0.6 is 11.6 Å². The minimum absolute atomic E-state index is 0.0153. The largest absolute Gasteiger partial charge is 0.336 e. The lowest BCUT2D eigenvalue weighted by Crippen LogP contribution is -2.16. The van der Waals surface area contributed by atoms with Crippen LogP contribution in [0.1, 0.15) is 47.7 Å². The molecule has 0 saturated heterocycles. The second-order valence-corrected chi connectivity index (χ2v) is 7.85. The number of H-pyrrole nitrogens is 1. The van der Waals surface area contributed by atoms with Crippen molar-refractivity contribution in [2.75, 3.05) is 0 Å². The number of hydrogen-bond acceptors (Lipinski definition) is 4. The Morgan fingerprint density at radius 3 is 2.87 bits per heavy atom. The van der Waals surface area contributed by atoms with Gasteiger partial charge in [-0.2, -0.15) is 0 Å². The first-order valence-corrected chi connectivity index (χ1v) is 10.2. The standard InChI is InChI=1S/C22H21ClFN5O/c23-17-10-15(4-5-18(17)24)21-22(29(13-27-21)9-8-14-2-1-3-14)19(25)6-7-20-26-11-16(12-30)28-20/h4-7,10-14,25H,1-3,8-9H2,(H,26,28)/b7-6-,25-19?. The molecule has 0 bridgehead atoms. The van der Waals surface area contributed by atoms with Crippen LogP contribution < -0.4 is 0 Å². The average Bonchev–Trinajstić information content (AvgIpc) is 3.34. The van der Waals surface area contributed by atoms with E-state index >= 15 is 0 Å². The van der Waals surface area contributed by atoms with Crippen molar-refractivity contribution < 1.29 is 9.18 Å². The average molecular weight is 426 g/mol. The second-order valence-electron chi connectivity index (χ2n) is 7.44. The molecule has 1 aliphatic carbocycles. The van der Waals surface area contributed by atoms with E-state index in [4.69, 9.17) is 17.0 Å². The smallest absolute Gasteiger partial charge is 0.167 e. The molecule has 2 N–H and O–H groups in total. The molecule has 0 aliphatic heterocycles. The molecule has 154 valence electrons. The van der Waals surface area contributed by atoms with Gasteiger partial charge in [0.25, 0.3) is 0 Å². The number of allylic oxidation sites excluding steroid dienone is 1. The molecule has 1 saturated carbocycles. The molecule has 0 unspecified atom stereocenters. The van der Waals surface area contributed by atoms with Crippen LogP contribution in [0.2, 0.25) is 5.02 Å². The summed E-state index contributed by atoms with van der Waals surface area (Å²) in [5.74, 6) is 0.706. The Morgan fingerprint density at radius 2 is 2.20 bits per heavy atom. The van der Waals surface area contributed by atoms with Crippen LogP contribution in [0.15, 0.2) is 36.8 Å². The number of aromatic amines is 1. The van der Waals surface area contributed by atoms with E-state index in [1.165, 1.54) is 37.6 Å². The number of aldehydes is 1. The highest BCUT2D eigenvalue weighted by molar-refractivity contribution is 6.31. The van der Waals surface area contributed by atoms with Gasteiger partial charge in [0.2, 0.25) is 0 Å². The van der Waals surface area contributed by atoms with Gasteiger partial charge in [-0.05, 0) is 42.7 Å². The molecule has 6 nitrogen and oxygen atoms in total. The first-order valence-electron chi connectivity index (χ1n) is 9.83. The number of rotatable bonds is 8. The molecule has 8 heteroatoms. The van der Waals surface area contributed by atoms with Crippen molar-refractivity contribution in [3.63, 3.8) is 0 Å². The number of aryl methyl sites for hydroxylation is 1. The van der Waals surface area contributed by atoms with Gasteiger partial charge in [-0.1, -0.05) is 30.9 Å². The topological polar surface area (TPSA) is 87.4 Å². The van der Waals surface area contributed by atoms with Gasteiger partial charge in [-0.3, -0.25) is 10.2 Å². The van der Waals surface area contributed by atoms with E-state index in [1.807, 2.05) is 4.57 Å². The highest BCUT2D eigenvalue weighted by Gasteiger charge is 2.20. The molecule has 0 atom stereocenters. The Labute approximate surface area is 178 Å². The Balaban J connectivity index is 1.66. The number of benzene rings is 1. The lowest BCUT2D eigenvalue weighted by atomic mass is 9.83. The summed E-state index contributed by atoms with van der Waals surface area (Å²) in [6.45, 7) is 0.758. The van der Waals surface area contributed by atoms with E-state index in [0.717, 1.165) is 18.9 Å². The normalized spacial score (nSPS) is 14.2. The molecule has 1 fully saturated rings. The molecule has 30 heavy (non-hydrogen) atoms. The zero-order valence-corrected chi connectivity index (χ0v) is 17.0. The Morgan fingerprint density at radius 1 is 1.37 bits per heavy atom. The molecule has 1 aliphatic rings. The molecule has 4 rings (SSSR count). The first-order chi connectivity index (χ1) is 14.5. The van der Waals surface area contributed by atoms with Crippen LogP contribution in [0.3, 0.4) is 0 Å². The van der Waals surface area contributed by atoms with Crippen molar-refractivity contribution in [3.05, 3.63) is 64.9 Å². The summed E-state index contributed by atoms with van der Waals surface area (Å²) in [4.78, 5) is 22.3. The number of halogens is 2. The fourth-order valence-corrected chi connectivity index (χ4v) is 3.71. The van der Waals surface area contributed by atoms with Crippen molar-refractivity contribution in [2.24, 2.45) is 5.92 Å². The van der Waals surface area contributed by atoms with Crippen LogP contribution in [0.25, 0.3) is 17.3 Å². The molecule has 0 amide bonds. The zero-order chi connectivity index (χ0) is 21.1. The Hall–Kier alpha value is -3.06. The molecule has 0 spiro atoms. The van der Waals surface area contributed by atoms with E-state index in [1.54, 1.807) is 24.5 Å². The van der Waals surface area contributed by atoms with E-state index in [2.05, 4.69) is 15.0 Å². The van der Waals surface area contributed by atoms with Gasteiger partial charge in [0.05, 0.1) is 40.3 Å². The molecular formula is C22H21ClFN5O. The van der Waals surface area contributed by atoms with E-state index in [-0.39, 0.29) is 10.7 Å². The van der Waals surface area contributed by atoms with Gasteiger partial charge >= 0.3 is 0 Å². The van der Waals surface area contributed by atoms with Crippen LogP contribution in [-0.2, 0) is 6.54 Å². The van der Waals surface area contributed by atoms with Crippen molar-refractivity contribution in [3.8, 4) is 11.3 Å². The lowest BCUT2D eigenvalue weighted by molar-refractivity contribution is 0.111. The molecule has 2 aromatic heterocycles. The number of nitrogens with zero attached hydrogens (tertiary/aromatic N) is 3. The summed E-state index contributed by atoms with van der Waals surface area (Å²) in [6, 6.07) is 4.44. The lowest BCUT2D eigenvalue weighted by Gasteiger charge is -2.25. The van der Waals surface area contributed by atoms with Crippen molar-refractivity contribution >= 4 is 29.7 Å². The fourth-order valence-electron chi connectivity index (χ4n) is 3.53. The molecule has 2 heterocycles. The van der Waals surface area contributed by atoms with Crippen molar-refractivity contribution in [2.45, 2.75) is 32.2 Å². The maximum Gasteiger partial charge on any atom is 0.167 e. The number of nitrogens with one attached hydrogen (secondary N) is 2. The maximum absolute atomic E-state index is 13.6. The van der Waals surface area contributed by atoms with Crippen LogP contribution in [0, 0.1) is 17.1 Å². The minimum atomic E-state index is -0.495. The van der Waals surface area contributed by atoms with E-state index < -0.39 is 5.82 Å². The highest BCUT2D eigenvalue weighted by atomic mass is 35.5. The van der Waals surface area contributed by atoms with Crippen molar-refractivity contribution in [1.82, 2.24) is 19.5 Å². The SMILES string of the molecule is N=C(/C=C\c1ncc(C=O)[nH]1)c1c(-c2ccc(F)c(Cl)c2)ncn1CCC1CCC1. The van der Waals surface area contributed by atoms with Gasteiger partial charge in [-0.15, -0.1) is 0 Å². The van der Waals surface area contributed by atoms with Gasteiger partial charge < -0.3 is 9.55 Å². The quantitative estimate of drug-likeness (QED) is 0.386. The zero-order valence-electron chi connectivity index (χ0n) is 16.2. The number of imidazole rings is 2. The summed E-state index contributed by atoms with van der Waals surface area (Å²) < 4.78 is 15.6. The van der Waals surface area contributed by atoms with Crippen molar-refractivity contribution in [1.29, 1.82) is 5.41 Å². The molecular weight excluding hydrogens is 405 g/mol. The predicted molar refractivity (Wildman–Crippen MR) is 114 cm³/mol. The van der Waals surface area contributed by atoms with Gasteiger partial charge in [-0.25, -0.2) is 14.4 Å². The summed E-state index contributed by atoms with van der Waals surface area (Å²) in [6.07, 6.45) is 11.9. The summed E-state index contributed by atoms with van der Waals surface area (Å²) >= 11 is 5.97. The monoisotopic (exact) mass is 425 g/mol. The number of aromatic nitrogens is 4. The first kappa shape index (κ1) is 20.2. The maximum atomic E-state index is 13.6. The number of carbonyl (C=O) groups is 1. The third kappa shape index (κ3) is 4.26. The van der Waals surface area contributed by atoms with Gasteiger partial charge in [0.15, 0.2) is 6.29 Å². The predicted octanol–water partition coefficient (Wildman–Crippen LogP) is 5.15. The van der Waals surface area contributed by atoms with E-state index in [0.29, 0.717) is 34.8 Å².